The Kier molecular flexibility index (Phi) is 5.68. The van der Waals surface area contributed by atoms with Crippen molar-refractivity contribution in [3.63, 3.8) is 0 Å². The van der Waals surface area contributed by atoms with Crippen LogP contribution in [-0.4, -0.2) is 64.5 Å². The summed E-state index contributed by atoms with van der Waals surface area (Å²) in [7, 11) is 0. The molecule has 1 aliphatic heterocycles. The molecule has 1 aliphatic rings. The number of benzene rings is 1. The van der Waals surface area contributed by atoms with E-state index in [4.69, 9.17) is 0 Å². The van der Waals surface area contributed by atoms with Gasteiger partial charge < -0.3 is 15.0 Å². The summed E-state index contributed by atoms with van der Waals surface area (Å²) in [6.45, 7) is 5.05. The van der Waals surface area contributed by atoms with E-state index in [9.17, 15) is 18.0 Å². The molecular weight excluding hydrogens is 413 g/mol. The third-order valence-electron chi connectivity index (χ3n) is 4.94. The Morgan fingerprint density at radius 1 is 1.13 bits per heavy atom. The van der Waals surface area contributed by atoms with Crippen molar-refractivity contribution in [2.75, 3.05) is 42.9 Å². The summed E-state index contributed by atoms with van der Waals surface area (Å²) in [5.41, 5.74) is 2.30. The Morgan fingerprint density at radius 3 is 2.52 bits per heavy atom. The molecule has 11 heteroatoms. The lowest BCUT2D eigenvalue weighted by molar-refractivity contribution is -0.274. The smallest absolute Gasteiger partial charge is 0.406 e. The second kappa shape index (κ2) is 8.42. The van der Waals surface area contributed by atoms with Crippen molar-refractivity contribution in [3.8, 4) is 5.75 Å². The summed E-state index contributed by atoms with van der Waals surface area (Å²) in [5, 5.41) is 6.99. The molecule has 2 aromatic heterocycles. The number of carbonyl (C=O) groups excluding carboxylic acids is 1. The van der Waals surface area contributed by atoms with Crippen LogP contribution in [-0.2, 0) is 4.79 Å². The minimum Gasteiger partial charge on any atom is -0.406 e. The zero-order chi connectivity index (χ0) is 22.0. The Labute approximate surface area is 176 Å². The van der Waals surface area contributed by atoms with Gasteiger partial charge in [-0.1, -0.05) is 0 Å². The quantitative estimate of drug-likeness (QED) is 0.666. The largest absolute Gasteiger partial charge is 0.573 e. The summed E-state index contributed by atoms with van der Waals surface area (Å²) >= 11 is 0. The third-order valence-corrected chi connectivity index (χ3v) is 4.94. The summed E-state index contributed by atoms with van der Waals surface area (Å²) in [6, 6.07) is 9.11. The SMILES string of the molecule is Cc1cc(N2CCN(CC(=O)Nc3ccc(OC(F)(F)F)cc3)CC2)n2ncnc2c1. The van der Waals surface area contributed by atoms with Crippen LogP contribution in [0.5, 0.6) is 5.75 Å². The molecule has 0 saturated carbocycles. The van der Waals surface area contributed by atoms with Gasteiger partial charge in [0.2, 0.25) is 5.91 Å². The van der Waals surface area contributed by atoms with Gasteiger partial charge in [-0.15, -0.1) is 13.2 Å². The predicted octanol–water partition coefficient (Wildman–Crippen LogP) is 2.70. The maximum Gasteiger partial charge on any atom is 0.573 e. The summed E-state index contributed by atoms with van der Waals surface area (Å²) in [5.74, 6) is 0.407. The first-order valence-corrected chi connectivity index (χ1v) is 9.70. The number of halogens is 3. The molecule has 4 rings (SSSR count). The van der Waals surface area contributed by atoms with E-state index < -0.39 is 6.36 Å². The first-order chi connectivity index (χ1) is 14.8. The maximum atomic E-state index is 12.3. The van der Waals surface area contributed by atoms with E-state index >= 15 is 0 Å². The Bertz CT molecular complexity index is 1060. The molecular formula is C20H21F3N6O2. The minimum atomic E-state index is -4.74. The molecule has 0 radical (unpaired) electrons. The van der Waals surface area contributed by atoms with E-state index in [0.29, 0.717) is 18.8 Å². The lowest BCUT2D eigenvalue weighted by Gasteiger charge is -2.35. The van der Waals surface area contributed by atoms with Crippen molar-refractivity contribution < 1.29 is 22.7 Å². The van der Waals surface area contributed by atoms with Gasteiger partial charge in [0.1, 0.15) is 17.9 Å². The van der Waals surface area contributed by atoms with E-state index in [2.05, 4.69) is 31.1 Å². The monoisotopic (exact) mass is 434 g/mol. The molecule has 0 spiro atoms. The average Bonchev–Trinajstić information content (AvgIpc) is 3.17. The van der Waals surface area contributed by atoms with Gasteiger partial charge in [-0.05, 0) is 48.9 Å². The maximum absolute atomic E-state index is 12.3. The fourth-order valence-corrected chi connectivity index (χ4v) is 3.54. The summed E-state index contributed by atoms with van der Waals surface area (Å²) < 4.78 is 42.3. The van der Waals surface area contributed by atoms with Crippen LogP contribution in [0.25, 0.3) is 5.65 Å². The zero-order valence-corrected chi connectivity index (χ0v) is 16.8. The van der Waals surface area contributed by atoms with Crippen LogP contribution in [0.1, 0.15) is 5.56 Å². The Hall–Kier alpha value is -3.34. The van der Waals surface area contributed by atoms with Crippen molar-refractivity contribution in [1.29, 1.82) is 0 Å². The number of ether oxygens (including phenoxy) is 1. The summed E-state index contributed by atoms with van der Waals surface area (Å²) in [4.78, 5) is 20.8. The number of rotatable bonds is 5. The number of aromatic nitrogens is 3. The molecule has 0 atom stereocenters. The molecule has 1 amide bonds. The molecule has 31 heavy (non-hydrogen) atoms. The van der Waals surface area contributed by atoms with Crippen LogP contribution in [0.15, 0.2) is 42.7 Å². The van der Waals surface area contributed by atoms with E-state index in [1.165, 1.54) is 18.5 Å². The minimum absolute atomic E-state index is 0.196. The van der Waals surface area contributed by atoms with Crippen molar-refractivity contribution >= 4 is 23.1 Å². The molecule has 1 fully saturated rings. The number of carbonyl (C=O) groups is 1. The highest BCUT2D eigenvalue weighted by molar-refractivity contribution is 5.92. The van der Waals surface area contributed by atoms with Gasteiger partial charge in [-0.2, -0.15) is 9.61 Å². The third kappa shape index (κ3) is 5.23. The van der Waals surface area contributed by atoms with Gasteiger partial charge in [0, 0.05) is 31.9 Å². The number of piperazine rings is 1. The van der Waals surface area contributed by atoms with E-state index in [0.717, 1.165) is 42.3 Å². The van der Waals surface area contributed by atoms with Gasteiger partial charge in [0.05, 0.1) is 6.54 Å². The van der Waals surface area contributed by atoms with Gasteiger partial charge in [-0.25, -0.2) is 4.98 Å². The number of nitrogens with one attached hydrogen (secondary N) is 1. The fraction of sp³-hybridized carbons (Fsp3) is 0.350. The molecule has 0 aliphatic carbocycles. The number of alkyl halides is 3. The normalized spacial score (nSPS) is 15.3. The second-order valence-electron chi connectivity index (χ2n) is 7.30. The molecule has 0 unspecified atom stereocenters. The highest BCUT2D eigenvalue weighted by Gasteiger charge is 2.31. The molecule has 3 aromatic rings. The number of pyridine rings is 1. The number of hydrogen-bond acceptors (Lipinski definition) is 6. The van der Waals surface area contributed by atoms with Crippen LogP contribution < -0.4 is 15.0 Å². The lowest BCUT2D eigenvalue weighted by atomic mass is 10.2. The number of hydrogen-bond donors (Lipinski definition) is 1. The first kappa shape index (κ1) is 20.9. The Morgan fingerprint density at radius 2 is 1.84 bits per heavy atom. The van der Waals surface area contributed by atoms with E-state index in [1.807, 2.05) is 22.4 Å². The van der Waals surface area contributed by atoms with Crippen LogP contribution in [0.3, 0.4) is 0 Å². The first-order valence-electron chi connectivity index (χ1n) is 9.70. The van der Waals surface area contributed by atoms with Crippen molar-refractivity contribution in [1.82, 2.24) is 19.5 Å². The van der Waals surface area contributed by atoms with Gasteiger partial charge in [-0.3, -0.25) is 9.69 Å². The molecule has 1 saturated heterocycles. The number of amides is 1. The molecule has 1 aromatic carbocycles. The topological polar surface area (TPSA) is 75.0 Å². The van der Waals surface area contributed by atoms with Crippen molar-refractivity contribution in [3.05, 3.63) is 48.3 Å². The van der Waals surface area contributed by atoms with Crippen molar-refractivity contribution in [2.45, 2.75) is 13.3 Å². The molecule has 1 N–H and O–H groups in total. The summed E-state index contributed by atoms with van der Waals surface area (Å²) in [6.07, 6.45) is -3.22. The van der Waals surface area contributed by atoms with Crippen LogP contribution >= 0.6 is 0 Å². The van der Waals surface area contributed by atoms with Crippen LogP contribution in [0.4, 0.5) is 24.7 Å². The Balaban J connectivity index is 1.29. The van der Waals surface area contributed by atoms with Gasteiger partial charge >= 0.3 is 6.36 Å². The average molecular weight is 434 g/mol. The van der Waals surface area contributed by atoms with Crippen LogP contribution in [0, 0.1) is 6.92 Å². The van der Waals surface area contributed by atoms with Crippen LogP contribution in [0.2, 0.25) is 0 Å². The predicted molar refractivity (Wildman–Crippen MR) is 108 cm³/mol. The zero-order valence-electron chi connectivity index (χ0n) is 16.8. The van der Waals surface area contributed by atoms with E-state index in [-0.39, 0.29) is 18.2 Å². The number of anilines is 2. The molecule has 164 valence electrons. The molecule has 3 heterocycles. The standard InChI is InChI=1S/C20H21F3N6O2/c1-14-10-17-24-13-25-29(17)19(11-14)28-8-6-27(7-9-28)12-18(30)26-15-2-4-16(5-3-15)31-20(21,22)23/h2-5,10-11,13H,6-9,12H2,1H3,(H,26,30). The van der Waals surface area contributed by atoms with Gasteiger partial charge in [0.25, 0.3) is 0 Å². The van der Waals surface area contributed by atoms with Crippen molar-refractivity contribution in [2.24, 2.45) is 0 Å². The van der Waals surface area contributed by atoms with Gasteiger partial charge in [0.15, 0.2) is 5.65 Å². The highest BCUT2D eigenvalue weighted by atomic mass is 19.4. The molecule has 8 nitrogen and oxygen atoms in total. The molecule has 0 bridgehead atoms. The lowest BCUT2D eigenvalue weighted by Crippen LogP contribution is -2.49. The number of aryl methyl sites for hydroxylation is 1. The number of fused-ring (bicyclic) bond motifs is 1. The van der Waals surface area contributed by atoms with E-state index in [1.54, 1.807) is 0 Å². The second-order valence-corrected chi connectivity index (χ2v) is 7.30. The fourth-order valence-electron chi connectivity index (χ4n) is 3.54. The number of nitrogens with zero attached hydrogens (tertiary/aromatic N) is 5. The highest BCUT2D eigenvalue weighted by Crippen LogP contribution is 2.24.